The van der Waals surface area contributed by atoms with E-state index in [4.69, 9.17) is 5.73 Å². The number of nitrogens with two attached hydrogens (primary N) is 1. The van der Waals surface area contributed by atoms with E-state index >= 15 is 0 Å². The number of rotatable bonds is 4. The largest absolute Gasteiger partial charge is 0.370 e. The second kappa shape index (κ2) is 8.28. The highest BCUT2D eigenvalue weighted by molar-refractivity contribution is 14.0. The monoisotopic (exact) mass is 426 g/mol. The smallest absolute Gasteiger partial charge is 0.193 e. The third kappa shape index (κ3) is 4.21. The molecule has 0 atom stereocenters. The molecule has 0 bridgehead atoms. The first-order valence-electron chi connectivity index (χ1n) is 7.82. The third-order valence-corrected chi connectivity index (χ3v) is 4.09. The van der Waals surface area contributed by atoms with Crippen molar-refractivity contribution in [2.24, 2.45) is 10.7 Å². The van der Waals surface area contributed by atoms with Crippen molar-refractivity contribution >= 4 is 35.6 Å². The van der Waals surface area contributed by atoms with Gasteiger partial charge in [-0.3, -0.25) is 0 Å². The lowest BCUT2D eigenvalue weighted by molar-refractivity contribution is 0.687. The predicted octanol–water partition coefficient (Wildman–Crippen LogP) is 2.72. The molecule has 3 rings (SSSR count). The molecule has 0 unspecified atom stereocenters. The van der Waals surface area contributed by atoms with Gasteiger partial charge in [0.2, 0.25) is 0 Å². The summed E-state index contributed by atoms with van der Waals surface area (Å²) in [7, 11) is 0. The van der Waals surface area contributed by atoms with E-state index in [0.29, 0.717) is 12.5 Å². The number of benzene rings is 1. The summed E-state index contributed by atoms with van der Waals surface area (Å²) in [4.78, 5) is 4.38. The van der Waals surface area contributed by atoms with E-state index < -0.39 is 0 Å². The average Bonchev–Trinajstić information content (AvgIpc) is 3.01. The maximum Gasteiger partial charge on any atom is 0.193 e. The fraction of sp³-hybridized carbons (Fsp3) is 0.438. The summed E-state index contributed by atoms with van der Waals surface area (Å²) < 4.78 is 1.96. The number of aliphatic imine (C=N–C) groups is 1. The van der Waals surface area contributed by atoms with E-state index in [1.165, 1.54) is 24.0 Å². The van der Waals surface area contributed by atoms with Crippen LogP contribution in [0.2, 0.25) is 0 Å². The van der Waals surface area contributed by atoms with Gasteiger partial charge >= 0.3 is 0 Å². The Balaban J connectivity index is 0.00000192. The zero-order chi connectivity index (χ0) is 15.4. The van der Waals surface area contributed by atoms with Crippen LogP contribution in [0.15, 0.2) is 29.5 Å². The molecule has 1 aromatic heterocycles. The molecule has 0 amide bonds. The molecule has 124 valence electrons. The lowest BCUT2D eigenvalue weighted by Crippen LogP contribution is -2.24. The number of fused-ring (bicyclic) bond motifs is 1. The molecule has 3 N–H and O–H groups in total. The van der Waals surface area contributed by atoms with Crippen molar-refractivity contribution in [1.29, 1.82) is 0 Å². The number of nitrogens with zero attached hydrogens (tertiary/aromatic N) is 4. The van der Waals surface area contributed by atoms with Gasteiger partial charge in [-0.2, -0.15) is 0 Å². The molecule has 23 heavy (non-hydrogen) atoms. The normalized spacial score (nSPS) is 14.0. The van der Waals surface area contributed by atoms with Gasteiger partial charge < -0.3 is 15.6 Å². The van der Waals surface area contributed by atoms with E-state index in [-0.39, 0.29) is 24.0 Å². The Bertz CT molecular complexity index is 679. The number of guanidine groups is 1. The van der Waals surface area contributed by atoms with Crippen LogP contribution in [-0.4, -0.2) is 20.7 Å². The van der Waals surface area contributed by atoms with E-state index in [1.807, 2.05) is 4.57 Å². The number of anilines is 1. The molecule has 0 fully saturated rings. The van der Waals surface area contributed by atoms with Gasteiger partial charge in [-0.15, -0.1) is 34.2 Å². The molecule has 0 saturated heterocycles. The van der Waals surface area contributed by atoms with E-state index in [1.54, 1.807) is 6.33 Å². The average molecular weight is 426 g/mol. The topological polar surface area (TPSA) is 81.1 Å². The molecule has 1 aliphatic rings. The molecule has 0 radical (unpaired) electrons. The van der Waals surface area contributed by atoms with Crippen molar-refractivity contribution in [2.75, 3.05) is 5.32 Å². The summed E-state index contributed by atoms with van der Waals surface area (Å²) in [6.07, 6.45) is 6.48. The Hall–Kier alpha value is -1.64. The standard InChI is InChI=1S/C16H22N6.HI/c1-2-22-11-19-21-15(22)10-18-16(17)20-14-9-5-7-12-6-3-4-8-13(12)14;/h5,7,9,11H,2-4,6,8,10H2,1H3,(H3,17,18,20);1H. The van der Waals surface area contributed by atoms with Crippen LogP contribution in [0, 0.1) is 0 Å². The summed E-state index contributed by atoms with van der Waals surface area (Å²) in [5.74, 6) is 1.24. The Labute approximate surface area is 153 Å². The lowest BCUT2D eigenvalue weighted by atomic mass is 9.90. The number of aromatic nitrogens is 3. The fourth-order valence-corrected chi connectivity index (χ4v) is 2.90. The predicted molar refractivity (Wildman–Crippen MR) is 103 cm³/mol. The number of halogens is 1. The molecule has 0 saturated carbocycles. The van der Waals surface area contributed by atoms with E-state index in [0.717, 1.165) is 30.9 Å². The second-order valence-electron chi connectivity index (χ2n) is 5.51. The van der Waals surface area contributed by atoms with Gasteiger partial charge in [0.15, 0.2) is 11.8 Å². The fourth-order valence-electron chi connectivity index (χ4n) is 2.90. The summed E-state index contributed by atoms with van der Waals surface area (Å²) >= 11 is 0. The Kier molecular flexibility index (Phi) is 6.37. The van der Waals surface area contributed by atoms with E-state index in [9.17, 15) is 0 Å². The zero-order valence-corrected chi connectivity index (χ0v) is 15.7. The summed E-state index contributed by atoms with van der Waals surface area (Å²) in [5.41, 5.74) is 9.91. The maximum atomic E-state index is 6.03. The molecule has 0 aliphatic heterocycles. The Morgan fingerprint density at radius 1 is 1.35 bits per heavy atom. The second-order valence-corrected chi connectivity index (χ2v) is 5.51. The van der Waals surface area contributed by atoms with Gasteiger partial charge in [-0.25, -0.2) is 4.99 Å². The summed E-state index contributed by atoms with van der Waals surface area (Å²) in [6, 6.07) is 6.35. The molecule has 1 aliphatic carbocycles. The minimum absolute atomic E-state index is 0. The van der Waals surface area contributed by atoms with Crippen LogP contribution in [0.3, 0.4) is 0 Å². The van der Waals surface area contributed by atoms with Crippen molar-refractivity contribution in [3.8, 4) is 0 Å². The van der Waals surface area contributed by atoms with Crippen LogP contribution < -0.4 is 11.1 Å². The van der Waals surface area contributed by atoms with Crippen LogP contribution >= 0.6 is 24.0 Å². The Morgan fingerprint density at radius 2 is 2.17 bits per heavy atom. The number of hydrogen-bond donors (Lipinski definition) is 2. The first-order valence-corrected chi connectivity index (χ1v) is 7.82. The van der Waals surface area contributed by atoms with Crippen LogP contribution in [0.1, 0.15) is 36.7 Å². The minimum Gasteiger partial charge on any atom is -0.370 e. The highest BCUT2D eigenvalue weighted by Gasteiger charge is 2.13. The Morgan fingerprint density at radius 3 is 3.00 bits per heavy atom. The first-order chi connectivity index (χ1) is 10.8. The number of hydrogen-bond acceptors (Lipinski definition) is 3. The van der Waals surface area contributed by atoms with Gasteiger partial charge in [-0.1, -0.05) is 12.1 Å². The quantitative estimate of drug-likeness (QED) is 0.448. The maximum absolute atomic E-state index is 6.03. The highest BCUT2D eigenvalue weighted by atomic mass is 127. The van der Waals surface area contributed by atoms with Crippen LogP contribution in [0.4, 0.5) is 5.69 Å². The van der Waals surface area contributed by atoms with Gasteiger partial charge in [0.25, 0.3) is 0 Å². The molecular formula is C16H23IN6. The van der Waals surface area contributed by atoms with Gasteiger partial charge in [-0.05, 0) is 49.8 Å². The first kappa shape index (κ1) is 17.7. The van der Waals surface area contributed by atoms with Crippen molar-refractivity contribution in [3.63, 3.8) is 0 Å². The molecular weight excluding hydrogens is 403 g/mol. The number of nitrogens with one attached hydrogen (secondary N) is 1. The summed E-state index contributed by atoms with van der Waals surface area (Å²) in [6.45, 7) is 3.31. The van der Waals surface area contributed by atoms with Crippen LogP contribution in [0.5, 0.6) is 0 Å². The van der Waals surface area contributed by atoms with Crippen LogP contribution in [-0.2, 0) is 25.9 Å². The SMILES string of the molecule is CCn1cnnc1CN=C(N)Nc1cccc2c1CCCC2.I. The van der Waals surface area contributed by atoms with Gasteiger partial charge in [0, 0.05) is 12.2 Å². The molecule has 2 aromatic rings. The number of aryl methyl sites for hydroxylation is 2. The minimum atomic E-state index is 0. The van der Waals surface area contributed by atoms with Crippen molar-refractivity contribution in [1.82, 2.24) is 14.8 Å². The van der Waals surface area contributed by atoms with Crippen molar-refractivity contribution < 1.29 is 0 Å². The summed E-state index contributed by atoms with van der Waals surface area (Å²) in [5, 5.41) is 11.2. The van der Waals surface area contributed by atoms with Crippen LogP contribution in [0.25, 0.3) is 0 Å². The van der Waals surface area contributed by atoms with Gasteiger partial charge in [0.05, 0.1) is 0 Å². The molecule has 1 heterocycles. The molecule has 7 heteroatoms. The molecule has 6 nitrogen and oxygen atoms in total. The third-order valence-electron chi connectivity index (χ3n) is 4.09. The van der Waals surface area contributed by atoms with E-state index in [2.05, 4.69) is 45.6 Å². The zero-order valence-electron chi connectivity index (χ0n) is 13.3. The lowest BCUT2D eigenvalue weighted by Gasteiger charge is -2.19. The van der Waals surface area contributed by atoms with Crippen molar-refractivity contribution in [2.45, 2.75) is 45.7 Å². The van der Waals surface area contributed by atoms with Gasteiger partial charge in [0.1, 0.15) is 12.9 Å². The highest BCUT2D eigenvalue weighted by Crippen LogP contribution is 2.27. The van der Waals surface area contributed by atoms with Crippen molar-refractivity contribution in [3.05, 3.63) is 41.5 Å². The molecule has 1 aromatic carbocycles. The molecule has 0 spiro atoms.